The van der Waals surface area contributed by atoms with Crippen LogP contribution in [0.25, 0.3) is 0 Å². The minimum atomic E-state index is 0.164. The van der Waals surface area contributed by atoms with E-state index in [4.69, 9.17) is 10.5 Å². The smallest absolute Gasteiger partial charge is 0.0572 e. The fourth-order valence-electron chi connectivity index (χ4n) is 2.93. The molecule has 0 saturated heterocycles. The summed E-state index contributed by atoms with van der Waals surface area (Å²) in [5.41, 5.74) is 7.63. The van der Waals surface area contributed by atoms with Gasteiger partial charge in [-0.05, 0) is 55.1 Å². The molecule has 4 heteroatoms. The summed E-state index contributed by atoms with van der Waals surface area (Å²) >= 11 is 1.76. The topological polar surface area (TPSA) is 38.5 Å². The lowest BCUT2D eigenvalue weighted by Crippen LogP contribution is -2.54. The highest BCUT2D eigenvalue weighted by atomic mass is 32.1. The summed E-state index contributed by atoms with van der Waals surface area (Å²) in [4.78, 5) is 2.45. The van der Waals surface area contributed by atoms with Gasteiger partial charge >= 0.3 is 0 Å². The average Bonchev–Trinajstić information content (AvgIpc) is 2.91. The molecule has 18 heavy (non-hydrogen) atoms. The van der Waals surface area contributed by atoms with Crippen LogP contribution in [0.4, 0.5) is 0 Å². The van der Waals surface area contributed by atoms with E-state index in [1.165, 1.54) is 5.56 Å². The van der Waals surface area contributed by atoms with Gasteiger partial charge in [0.25, 0.3) is 0 Å². The first-order valence-corrected chi connectivity index (χ1v) is 7.59. The molecule has 2 rings (SSSR count). The van der Waals surface area contributed by atoms with E-state index >= 15 is 0 Å². The third-order valence-electron chi connectivity index (χ3n) is 4.39. The van der Waals surface area contributed by atoms with Crippen molar-refractivity contribution in [3.63, 3.8) is 0 Å². The fraction of sp³-hybridized carbons (Fsp3) is 0.714. The molecule has 2 N–H and O–H groups in total. The highest BCUT2D eigenvalue weighted by Gasteiger charge is 2.37. The van der Waals surface area contributed by atoms with E-state index in [0.29, 0.717) is 6.10 Å². The van der Waals surface area contributed by atoms with Crippen molar-refractivity contribution in [3.8, 4) is 0 Å². The standard InChI is InChI=1S/C14H24N2OS/c1-16(9-12-5-8-18-10-12)14(11-15)6-3-13(17-2)4-7-14/h5,8,10,13H,3-4,6-7,9,11,15H2,1-2H3. The van der Waals surface area contributed by atoms with Crippen LogP contribution in [0.5, 0.6) is 0 Å². The van der Waals surface area contributed by atoms with Gasteiger partial charge in [-0.3, -0.25) is 4.90 Å². The summed E-state index contributed by atoms with van der Waals surface area (Å²) in [5, 5.41) is 4.36. The van der Waals surface area contributed by atoms with E-state index in [0.717, 1.165) is 38.8 Å². The van der Waals surface area contributed by atoms with E-state index in [1.807, 2.05) is 7.11 Å². The van der Waals surface area contributed by atoms with Crippen LogP contribution in [0.2, 0.25) is 0 Å². The summed E-state index contributed by atoms with van der Waals surface area (Å²) in [6.07, 6.45) is 4.97. The van der Waals surface area contributed by atoms with E-state index in [-0.39, 0.29) is 5.54 Å². The molecule has 1 aromatic heterocycles. The second kappa shape index (κ2) is 6.15. The quantitative estimate of drug-likeness (QED) is 0.891. The number of likely N-dealkylation sites (N-methyl/N-ethyl adjacent to an activating group) is 1. The normalized spacial score (nSPS) is 28.8. The van der Waals surface area contributed by atoms with Crippen molar-refractivity contribution in [2.75, 3.05) is 20.7 Å². The first-order chi connectivity index (χ1) is 8.70. The predicted molar refractivity (Wildman–Crippen MR) is 76.8 cm³/mol. The lowest BCUT2D eigenvalue weighted by molar-refractivity contribution is 0.000542. The van der Waals surface area contributed by atoms with Gasteiger partial charge in [0.1, 0.15) is 0 Å². The second-order valence-corrected chi connectivity index (χ2v) is 6.13. The van der Waals surface area contributed by atoms with Crippen LogP contribution in [0.1, 0.15) is 31.2 Å². The Morgan fingerprint density at radius 1 is 1.50 bits per heavy atom. The third kappa shape index (κ3) is 2.94. The van der Waals surface area contributed by atoms with Crippen LogP contribution in [0, 0.1) is 0 Å². The van der Waals surface area contributed by atoms with E-state index in [9.17, 15) is 0 Å². The van der Waals surface area contributed by atoms with Crippen LogP contribution in [0.15, 0.2) is 16.8 Å². The zero-order valence-electron chi connectivity index (χ0n) is 11.4. The van der Waals surface area contributed by atoms with Gasteiger partial charge in [0, 0.05) is 25.7 Å². The number of methoxy groups -OCH3 is 1. The Balaban J connectivity index is 1.99. The Morgan fingerprint density at radius 3 is 2.72 bits per heavy atom. The van der Waals surface area contributed by atoms with Crippen LogP contribution in [0.3, 0.4) is 0 Å². The van der Waals surface area contributed by atoms with Gasteiger partial charge in [-0.1, -0.05) is 0 Å². The number of ether oxygens (including phenoxy) is 1. The average molecular weight is 268 g/mol. The maximum absolute atomic E-state index is 6.08. The maximum Gasteiger partial charge on any atom is 0.0572 e. The second-order valence-electron chi connectivity index (χ2n) is 5.35. The molecule has 1 fully saturated rings. The van der Waals surface area contributed by atoms with Crippen molar-refractivity contribution in [1.82, 2.24) is 4.90 Å². The van der Waals surface area contributed by atoms with Crippen LogP contribution in [-0.4, -0.2) is 37.2 Å². The molecule has 1 aromatic rings. The maximum atomic E-state index is 6.08. The van der Waals surface area contributed by atoms with Gasteiger partial charge in [0.15, 0.2) is 0 Å². The van der Waals surface area contributed by atoms with Crippen LogP contribution < -0.4 is 5.73 Å². The molecule has 0 spiro atoms. The lowest BCUT2D eigenvalue weighted by atomic mass is 9.79. The van der Waals surface area contributed by atoms with Crippen molar-refractivity contribution >= 4 is 11.3 Å². The molecule has 1 aliphatic rings. The van der Waals surface area contributed by atoms with Crippen LogP contribution >= 0.6 is 11.3 Å². The Morgan fingerprint density at radius 2 is 2.22 bits per heavy atom. The number of nitrogens with zero attached hydrogens (tertiary/aromatic N) is 1. The van der Waals surface area contributed by atoms with Crippen LogP contribution in [-0.2, 0) is 11.3 Å². The highest BCUT2D eigenvalue weighted by molar-refractivity contribution is 7.07. The number of hydrogen-bond donors (Lipinski definition) is 1. The molecule has 1 heterocycles. The highest BCUT2D eigenvalue weighted by Crippen LogP contribution is 2.34. The predicted octanol–water partition coefficient (Wildman–Crippen LogP) is 2.47. The van der Waals surface area contributed by atoms with Gasteiger partial charge in [-0.15, -0.1) is 0 Å². The Bertz CT molecular complexity index is 345. The summed E-state index contributed by atoms with van der Waals surface area (Å²) in [5.74, 6) is 0. The van der Waals surface area contributed by atoms with Crippen molar-refractivity contribution < 1.29 is 4.74 Å². The molecule has 0 radical (unpaired) electrons. The SMILES string of the molecule is COC1CCC(CN)(N(C)Cc2ccsc2)CC1. The summed E-state index contributed by atoms with van der Waals surface area (Å²) in [6.45, 7) is 1.74. The van der Waals surface area contributed by atoms with Crippen molar-refractivity contribution in [2.45, 2.75) is 43.9 Å². The minimum Gasteiger partial charge on any atom is -0.381 e. The zero-order valence-corrected chi connectivity index (χ0v) is 12.2. The largest absolute Gasteiger partial charge is 0.381 e. The number of nitrogens with two attached hydrogens (primary N) is 1. The molecule has 3 nitrogen and oxygen atoms in total. The fourth-order valence-corrected chi connectivity index (χ4v) is 3.59. The molecule has 0 amide bonds. The molecular formula is C14H24N2OS. The van der Waals surface area contributed by atoms with Crippen molar-refractivity contribution in [1.29, 1.82) is 0 Å². The summed E-state index contributed by atoms with van der Waals surface area (Å²) in [7, 11) is 4.02. The van der Waals surface area contributed by atoms with E-state index in [2.05, 4.69) is 28.8 Å². The molecule has 0 bridgehead atoms. The first-order valence-electron chi connectivity index (χ1n) is 6.65. The minimum absolute atomic E-state index is 0.164. The lowest BCUT2D eigenvalue weighted by Gasteiger charge is -2.45. The molecule has 0 atom stereocenters. The van der Waals surface area contributed by atoms with E-state index < -0.39 is 0 Å². The molecule has 1 saturated carbocycles. The summed E-state index contributed by atoms with van der Waals surface area (Å²) in [6, 6.07) is 2.20. The summed E-state index contributed by atoms with van der Waals surface area (Å²) < 4.78 is 5.46. The Labute approximate surface area is 114 Å². The van der Waals surface area contributed by atoms with E-state index in [1.54, 1.807) is 11.3 Å². The molecule has 0 aliphatic heterocycles. The Kier molecular flexibility index (Phi) is 4.78. The number of hydrogen-bond acceptors (Lipinski definition) is 4. The van der Waals surface area contributed by atoms with Crippen molar-refractivity contribution in [3.05, 3.63) is 22.4 Å². The van der Waals surface area contributed by atoms with Gasteiger partial charge in [0.2, 0.25) is 0 Å². The van der Waals surface area contributed by atoms with Gasteiger partial charge in [0.05, 0.1) is 6.10 Å². The van der Waals surface area contributed by atoms with Gasteiger partial charge in [-0.2, -0.15) is 11.3 Å². The molecule has 1 aliphatic carbocycles. The monoisotopic (exact) mass is 268 g/mol. The number of thiophene rings is 1. The third-order valence-corrected chi connectivity index (χ3v) is 5.12. The van der Waals surface area contributed by atoms with Gasteiger partial charge in [-0.25, -0.2) is 0 Å². The number of rotatable bonds is 5. The molecule has 102 valence electrons. The molecule has 0 aromatic carbocycles. The molecular weight excluding hydrogens is 244 g/mol. The van der Waals surface area contributed by atoms with Crippen molar-refractivity contribution in [2.24, 2.45) is 5.73 Å². The molecule has 0 unspecified atom stereocenters. The Hall–Kier alpha value is -0.420. The first kappa shape index (κ1) is 14.0. The van der Waals surface area contributed by atoms with Gasteiger partial charge < -0.3 is 10.5 Å². The zero-order chi connectivity index (χ0) is 13.0.